The number of rotatable bonds is 5. The average Bonchev–Trinajstić information content (AvgIpc) is 2.27. The molecule has 0 aliphatic heterocycles. The summed E-state index contributed by atoms with van der Waals surface area (Å²) in [6, 6.07) is 7.02. The first-order chi connectivity index (χ1) is 7.14. The second kappa shape index (κ2) is 5.10. The zero-order valence-electron chi connectivity index (χ0n) is 7.34. The van der Waals surface area contributed by atoms with Crippen molar-refractivity contribution in [1.82, 2.24) is 0 Å². The lowest BCUT2D eigenvalue weighted by molar-refractivity contribution is -0.588. The van der Waals surface area contributed by atoms with Gasteiger partial charge in [0, 0.05) is 5.56 Å². The summed E-state index contributed by atoms with van der Waals surface area (Å²) in [7, 11) is 0. The standard InChI is InChI=1S/C8H8F2O5/c9-7(10)13-8(14-11,15-12)6-4-2-1-3-5-6/h1-5,7,11-12H. The molecule has 0 heterocycles. The van der Waals surface area contributed by atoms with E-state index in [1.54, 1.807) is 6.07 Å². The van der Waals surface area contributed by atoms with Gasteiger partial charge in [-0.05, 0) is 0 Å². The summed E-state index contributed by atoms with van der Waals surface area (Å²) in [6.07, 6.45) is 0. The van der Waals surface area contributed by atoms with Crippen LogP contribution in [0.3, 0.4) is 0 Å². The quantitative estimate of drug-likeness (QED) is 0.453. The van der Waals surface area contributed by atoms with Crippen molar-refractivity contribution < 1.29 is 33.8 Å². The molecule has 1 aromatic rings. The van der Waals surface area contributed by atoms with Gasteiger partial charge in [0.2, 0.25) is 0 Å². The molecule has 0 bridgehead atoms. The smallest absolute Gasteiger partial charge is 0.257 e. The van der Waals surface area contributed by atoms with Crippen LogP contribution in [-0.4, -0.2) is 17.1 Å². The van der Waals surface area contributed by atoms with Crippen LogP contribution >= 0.6 is 0 Å². The van der Waals surface area contributed by atoms with Crippen molar-refractivity contribution in [2.75, 3.05) is 0 Å². The molecule has 0 aliphatic carbocycles. The van der Waals surface area contributed by atoms with Crippen LogP contribution in [-0.2, 0) is 20.5 Å². The monoisotopic (exact) mass is 222 g/mol. The summed E-state index contributed by atoms with van der Waals surface area (Å²) in [5.41, 5.74) is -0.129. The molecule has 1 aromatic carbocycles. The molecule has 5 nitrogen and oxygen atoms in total. The zero-order valence-corrected chi connectivity index (χ0v) is 7.34. The van der Waals surface area contributed by atoms with E-state index in [-0.39, 0.29) is 5.56 Å². The van der Waals surface area contributed by atoms with Gasteiger partial charge >= 0.3 is 12.6 Å². The van der Waals surface area contributed by atoms with Crippen LogP contribution in [0.15, 0.2) is 30.3 Å². The molecule has 15 heavy (non-hydrogen) atoms. The maximum Gasteiger partial charge on any atom is 0.370 e. The highest BCUT2D eigenvalue weighted by Gasteiger charge is 2.41. The Morgan fingerprint density at radius 2 is 1.60 bits per heavy atom. The zero-order chi connectivity index (χ0) is 11.3. The van der Waals surface area contributed by atoms with E-state index in [4.69, 9.17) is 10.5 Å². The minimum absolute atomic E-state index is 0.129. The van der Waals surface area contributed by atoms with Gasteiger partial charge in [0.05, 0.1) is 0 Å². The van der Waals surface area contributed by atoms with Gasteiger partial charge in [0.15, 0.2) is 0 Å². The molecule has 0 amide bonds. The molecule has 1 rings (SSSR count). The van der Waals surface area contributed by atoms with Crippen molar-refractivity contribution in [2.45, 2.75) is 12.6 Å². The second-order valence-electron chi connectivity index (χ2n) is 2.48. The molecule has 0 fully saturated rings. The van der Waals surface area contributed by atoms with Gasteiger partial charge in [-0.25, -0.2) is 10.5 Å². The van der Waals surface area contributed by atoms with Gasteiger partial charge in [-0.3, -0.25) is 4.74 Å². The lowest BCUT2D eigenvalue weighted by atomic mass is 10.2. The number of halogens is 2. The molecule has 7 heteroatoms. The van der Waals surface area contributed by atoms with Gasteiger partial charge < -0.3 is 0 Å². The maximum atomic E-state index is 12.0. The Bertz CT molecular complexity index is 288. The van der Waals surface area contributed by atoms with Crippen molar-refractivity contribution in [1.29, 1.82) is 0 Å². The molecule has 0 unspecified atom stereocenters. The largest absolute Gasteiger partial charge is 0.370 e. The first kappa shape index (κ1) is 12.0. The Hall–Kier alpha value is -1.12. The summed E-state index contributed by atoms with van der Waals surface area (Å²) in [5, 5.41) is 16.9. The highest BCUT2D eigenvalue weighted by atomic mass is 19.3. The highest BCUT2D eigenvalue weighted by Crippen LogP contribution is 2.29. The Labute approximate surface area is 83.3 Å². The van der Waals surface area contributed by atoms with E-state index in [9.17, 15) is 8.78 Å². The summed E-state index contributed by atoms with van der Waals surface area (Å²) in [5.74, 6) is -2.74. The fourth-order valence-corrected chi connectivity index (χ4v) is 0.993. The number of hydrogen-bond donors (Lipinski definition) is 2. The van der Waals surface area contributed by atoms with Crippen LogP contribution in [0.25, 0.3) is 0 Å². The van der Waals surface area contributed by atoms with E-state index in [1.807, 2.05) is 0 Å². The summed E-state index contributed by atoms with van der Waals surface area (Å²) < 4.78 is 27.8. The lowest BCUT2D eigenvalue weighted by Crippen LogP contribution is -2.36. The van der Waals surface area contributed by atoms with E-state index in [0.29, 0.717) is 0 Å². The SMILES string of the molecule is OOC(OO)(OC(F)F)c1ccccc1. The molecule has 0 saturated heterocycles. The summed E-state index contributed by atoms with van der Waals surface area (Å²) in [4.78, 5) is 7.22. The topological polar surface area (TPSA) is 68.2 Å². The normalized spacial score (nSPS) is 12.1. The third kappa shape index (κ3) is 2.67. The predicted octanol–water partition coefficient (Wildman–Crippen LogP) is 2.02. The Morgan fingerprint density at radius 1 is 1.07 bits per heavy atom. The Kier molecular flexibility index (Phi) is 4.06. The van der Waals surface area contributed by atoms with Gasteiger partial charge in [-0.2, -0.15) is 18.6 Å². The molecule has 0 atom stereocenters. The Balaban J connectivity index is 3.00. The first-order valence-corrected chi connectivity index (χ1v) is 3.81. The van der Waals surface area contributed by atoms with Gasteiger partial charge in [0.1, 0.15) is 0 Å². The third-order valence-electron chi connectivity index (χ3n) is 1.61. The third-order valence-corrected chi connectivity index (χ3v) is 1.61. The van der Waals surface area contributed by atoms with Crippen molar-refractivity contribution in [2.24, 2.45) is 0 Å². The van der Waals surface area contributed by atoms with Crippen LogP contribution in [0.4, 0.5) is 8.78 Å². The van der Waals surface area contributed by atoms with E-state index >= 15 is 0 Å². The lowest BCUT2D eigenvalue weighted by Gasteiger charge is -2.25. The van der Waals surface area contributed by atoms with Crippen LogP contribution in [0, 0.1) is 0 Å². The molecular weight excluding hydrogens is 214 g/mol. The maximum absolute atomic E-state index is 12.0. The van der Waals surface area contributed by atoms with Crippen molar-refractivity contribution in [3.05, 3.63) is 35.9 Å². The van der Waals surface area contributed by atoms with E-state index in [1.165, 1.54) is 24.3 Å². The number of hydrogen-bond acceptors (Lipinski definition) is 5. The molecule has 0 aliphatic rings. The molecule has 0 spiro atoms. The van der Waals surface area contributed by atoms with E-state index in [0.717, 1.165) is 0 Å². The van der Waals surface area contributed by atoms with Crippen LogP contribution in [0.2, 0.25) is 0 Å². The molecule has 0 saturated carbocycles. The van der Waals surface area contributed by atoms with Gasteiger partial charge in [-0.1, -0.05) is 30.3 Å². The van der Waals surface area contributed by atoms with Crippen molar-refractivity contribution in [3.63, 3.8) is 0 Å². The molecule has 84 valence electrons. The van der Waals surface area contributed by atoms with Crippen molar-refractivity contribution >= 4 is 0 Å². The van der Waals surface area contributed by atoms with Crippen molar-refractivity contribution in [3.8, 4) is 0 Å². The summed E-state index contributed by atoms with van der Waals surface area (Å²) >= 11 is 0. The predicted molar refractivity (Wildman–Crippen MR) is 42.6 cm³/mol. The number of benzene rings is 1. The van der Waals surface area contributed by atoms with Crippen LogP contribution in [0.1, 0.15) is 5.56 Å². The average molecular weight is 222 g/mol. The summed E-state index contributed by atoms with van der Waals surface area (Å²) in [6.45, 7) is -3.30. The molecular formula is C8H8F2O5. The molecule has 0 radical (unpaired) electrons. The second-order valence-corrected chi connectivity index (χ2v) is 2.48. The number of alkyl halides is 2. The minimum atomic E-state index is -3.30. The fourth-order valence-electron chi connectivity index (χ4n) is 0.993. The van der Waals surface area contributed by atoms with Crippen LogP contribution in [0.5, 0.6) is 0 Å². The minimum Gasteiger partial charge on any atom is -0.257 e. The number of ether oxygens (including phenoxy) is 1. The fraction of sp³-hybridized carbons (Fsp3) is 0.250. The van der Waals surface area contributed by atoms with E-state index < -0.39 is 12.6 Å². The van der Waals surface area contributed by atoms with Crippen LogP contribution < -0.4 is 0 Å². The van der Waals surface area contributed by atoms with E-state index in [2.05, 4.69) is 14.5 Å². The Morgan fingerprint density at radius 3 is 2.00 bits per heavy atom. The highest BCUT2D eigenvalue weighted by molar-refractivity contribution is 5.18. The molecule has 2 N–H and O–H groups in total. The van der Waals surface area contributed by atoms with Gasteiger partial charge in [0.25, 0.3) is 0 Å². The first-order valence-electron chi connectivity index (χ1n) is 3.81. The van der Waals surface area contributed by atoms with Gasteiger partial charge in [-0.15, -0.1) is 0 Å². The molecule has 0 aromatic heterocycles.